The summed E-state index contributed by atoms with van der Waals surface area (Å²) in [5.41, 5.74) is 0.676. The Morgan fingerprint density at radius 3 is 2.88 bits per heavy atom. The van der Waals surface area contributed by atoms with Crippen LogP contribution in [0.25, 0.3) is 0 Å². The lowest BCUT2D eigenvalue weighted by Crippen LogP contribution is -2.35. The second-order valence-corrected chi connectivity index (χ2v) is 1.43. The Hall–Kier alpha value is -1.19. The first-order chi connectivity index (χ1) is 3.79. The third-order valence-corrected chi connectivity index (χ3v) is 0.724. The van der Waals surface area contributed by atoms with E-state index in [9.17, 15) is 5.21 Å². The molecular weight excluding hydrogens is 106 g/mol. The van der Waals surface area contributed by atoms with Crippen molar-refractivity contribution in [1.82, 2.24) is 10.2 Å². The van der Waals surface area contributed by atoms with Crippen molar-refractivity contribution in [1.29, 1.82) is 0 Å². The van der Waals surface area contributed by atoms with E-state index in [1.54, 1.807) is 13.0 Å². The van der Waals surface area contributed by atoms with Gasteiger partial charge in [0.15, 0.2) is 0 Å². The molecule has 0 aliphatic heterocycles. The van der Waals surface area contributed by atoms with E-state index in [0.717, 1.165) is 0 Å². The highest BCUT2D eigenvalue weighted by Crippen LogP contribution is 1.78. The summed E-state index contributed by atoms with van der Waals surface area (Å²) >= 11 is 0. The predicted octanol–water partition coefficient (Wildman–Crippen LogP) is -0.582. The average Bonchev–Trinajstić information content (AvgIpc) is 1.64. The van der Waals surface area contributed by atoms with Crippen molar-refractivity contribution in [3.8, 4) is 0 Å². The Bertz CT molecular complexity index is 171. The summed E-state index contributed by atoms with van der Waals surface area (Å²) in [5.74, 6) is 0. The number of rotatable bonds is 0. The largest absolute Gasteiger partial charge is 0.569 e. The van der Waals surface area contributed by atoms with Gasteiger partial charge in [-0.1, -0.05) is 0 Å². The molecule has 0 saturated heterocycles. The van der Waals surface area contributed by atoms with Crippen LogP contribution in [0.15, 0.2) is 12.3 Å². The van der Waals surface area contributed by atoms with Crippen LogP contribution in [-0.4, -0.2) is 10.2 Å². The maximum Gasteiger partial charge on any atom is 0.111 e. The molecule has 0 unspecified atom stereocenters. The number of aromatic nitrogens is 3. The van der Waals surface area contributed by atoms with Crippen LogP contribution in [0, 0.1) is 12.1 Å². The van der Waals surface area contributed by atoms with E-state index in [1.165, 1.54) is 6.20 Å². The van der Waals surface area contributed by atoms with Crippen molar-refractivity contribution in [3.63, 3.8) is 0 Å². The van der Waals surface area contributed by atoms with Crippen molar-refractivity contribution in [2.24, 2.45) is 0 Å². The molecule has 1 heterocycles. The lowest BCUT2D eigenvalue weighted by atomic mass is 10.5. The number of hydrogen-bond acceptors (Lipinski definition) is 3. The molecule has 0 saturated carbocycles. The van der Waals surface area contributed by atoms with Gasteiger partial charge in [0.1, 0.15) is 11.9 Å². The highest BCUT2D eigenvalue weighted by molar-refractivity contribution is 4.88. The second-order valence-electron chi connectivity index (χ2n) is 1.43. The molecule has 4 nitrogen and oxygen atoms in total. The lowest BCUT2D eigenvalue weighted by Gasteiger charge is -1.85. The summed E-state index contributed by atoms with van der Waals surface area (Å²) in [6.45, 7) is 1.73. The molecule has 0 aliphatic carbocycles. The quantitative estimate of drug-likeness (QED) is 0.332. The molecule has 0 N–H and O–H groups in total. The second kappa shape index (κ2) is 1.73. The Balaban J connectivity index is 3.08. The minimum absolute atomic E-state index is 0.287. The van der Waals surface area contributed by atoms with Crippen LogP contribution < -0.4 is 4.96 Å². The Labute approximate surface area is 46.4 Å². The highest BCUT2D eigenvalue weighted by atomic mass is 16.5. The summed E-state index contributed by atoms with van der Waals surface area (Å²) in [7, 11) is 0. The normalized spacial score (nSPS) is 9.12. The van der Waals surface area contributed by atoms with E-state index >= 15 is 0 Å². The molecule has 0 radical (unpaired) electrons. The molecule has 0 bridgehead atoms. The molecular formula is C4H5N3O. The molecule has 0 amide bonds. The third kappa shape index (κ3) is 0.900. The standard InChI is InChI=1S/C4H5N3O/c1-4-2-3-5-7(8)6-4/h2-3H,1H3. The lowest BCUT2D eigenvalue weighted by molar-refractivity contribution is -0.729. The average molecular weight is 111 g/mol. The van der Waals surface area contributed by atoms with Gasteiger partial charge in [-0.2, -0.15) is 0 Å². The molecule has 0 fully saturated rings. The Morgan fingerprint density at radius 1 is 1.75 bits per heavy atom. The summed E-state index contributed by atoms with van der Waals surface area (Å²) in [6.07, 6.45) is 1.41. The summed E-state index contributed by atoms with van der Waals surface area (Å²) < 4.78 is 0. The van der Waals surface area contributed by atoms with E-state index in [0.29, 0.717) is 5.69 Å². The first-order valence-electron chi connectivity index (χ1n) is 2.19. The molecule has 1 rings (SSSR count). The Kier molecular flexibility index (Phi) is 1.07. The van der Waals surface area contributed by atoms with E-state index in [2.05, 4.69) is 10.2 Å². The summed E-state index contributed by atoms with van der Waals surface area (Å²) in [4.78, 5) is 0.287. The minimum Gasteiger partial charge on any atom is -0.569 e. The third-order valence-electron chi connectivity index (χ3n) is 0.724. The maximum atomic E-state index is 10.2. The van der Waals surface area contributed by atoms with Gasteiger partial charge in [-0.05, 0) is 13.0 Å². The zero-order chi connectivity index (χ0) is 5.98. The molecule has 0 aliphatic rings. The van der Waals surface area contributed by atoms with Crippen LogP contribution in [-0.2, 0) is 0 Å². The highest BCUT2D eigenvalue weighted by Gasteiger charge is 1.89. The van der Waals surface area contributed by atoms with Gasteiger partial charge < -0.3 is 5.21 Å². The Morgan fingerprint density at radius 2 is 2.50 bits per heavy atom. The van der Waals surface area contributed by atoms with Crippen LogP contribution >= 0.6 is 0 Å². The summed E-state index contributed by atoms with van der Waals surface area (Å²) in [5, 5.41) is 16.9. The zero-order valence-corrected chi connectivity index (χ0v) is 4.40. The molecule has 42 valence electrons. The molecule has 0 atom stereocenters. The summed E-state index contributed by atoms with van der Waals surface area (Å²) in [6, 6.07) is 1.66. The van der Waals surface area contributed by atoms with Crippen molar-refractivity contribution >= 4 is 0 Å². The molecule has 4 heteroatoms. The topological polar surface area (TPSA) is 52.7 Å². The monoisotopic (exact) mass is 111 g/mol. The van der Waals surface area contributed by atoms with E-state index in [-0.39, 0.29) is 4.96 Å². The molecule has 0 aromatic carbocycles. The maximum absolute atomic E-state index is 10.2. The van der Waals surface area contributed by atoms with Crippen LogP contribution in [0.3, 0.4) is 0 Å². The smallest absolute Gasteiger partial charge is 0.111 e. The van der Waals surface area contributed by atoms with E-state index in [1.807, 2.05) is 0 Å². The van der Waals surface area contributed by atoms with Gasteiger partial charge in [0.05, 0.1) is 4.96 Å². The minimum atomic E-state index is 0.287. The van der Waals surface area contributed by atoms with Gasteiger partial charge >= 0.3 is 0 Å². The molecule has 0 spiro atoms. The van der Waals surface area contributed by atoms with Crippen LogP contribution in [0.2, 0.25) is 0 Å². The molecule has 1 aromatic rings. The van der Waals surface area contributed by atoms with Crippen molar-refractivity contribution < 1.29 is 4.96 Å². The first kappa shape index (κ1) is 4.96. The van der Waals surface area contributed by atoms with E-state index in [4.69, 9.17) is 0 Å². The fourth-order valence-electron chi connectivity index (χ4n) is 0.392. The first-order valence-corrected chi connectivity index (χ1v) is 2.19. The van der Waals surface area contributed by atoms with Crippen molar-refractivity contribution in [2.45, 2.75) is 6.92 Å². The van der Waals surface area contributed by atoms with Crippen LogP contribution in [0.4, 0.5) is 0 Å². The van der Waals surface area contributed by atoms with Crippen molar-refractivity contribution in [3.05, 3.63) is 23.2 Å². The van der Waals surface area contributed by atoms with Crippen molar-refractivity contribution in [2.75, 3.05) is 0 Å². The fraction of sp³-hybridized carbons (Fsp3) is 0.250. The van der Waals surface area contributed by atoms with E-state index < -0.39 is 0 Å². The molecule has 1 aromatic heterocycles. The van der Waals surface area contributed by atoms with Gasteiger partial charge in [-0.15, -0.1) is 0 Å². The zero-order valence-electron chi connectivity index (χ0n) is 4.40. The SMILES string of the molecule is Cc1ccn[n+]([O-])n1. The van der Waals surface area contributed by atoms with Gasteiger partial charge in [0.2, 0.25) is 0 Å². The molecule has 8 heavy (non-hydrogen) atoms. The van der Waals surface area contributed by atoms with Crippen LogP contribution in [0.1, 0.15) is 5.69 Å². The fourth-order valence-corrected chi connectivity index (χ4v) is 0.392. The van der Waals surface area contributed by atoms with Gasteiger partial charge in [0, 0.05) is 10.2 Å². The van der Waals surface area contributed by atoms with Gasteiger partial charge in [-0.3, -0.25) is 0 Å². The van der Waals surface area contributed by atoms with Gasteiger partial charge in [-0.25, -0.2) is 0 Å². The number of nitrogens with zero attached hydrogens (tertiary/aromatic N) is 3. The van der Waals surface area contributed by atoms with Gasteiger partial charge in [0.25, 0.3) is 0 Å². The van der Waals surface area contributed by atoms with Crippen LogP contribution in [0.5, 0.6) is 0 Å². The predicted molar refractivity (Wildman–Crippen MR) is 25.7 cm³/mol. The number of hydrogen-bond donors (Lipinski definition) is 0. The number of aryl methyl sites for hydroxylation is 1.